The van der Waals surface area contributed by atoms with Gasteiger partial charge in [0.05, 0.1) is 48.9 Å². The number of carbonyl (C=O) groups is 2. The number of nitrogens with zero attached hydrogens (tertiary/aromatic N) is 2. The van der Waals surface area contributed by atoms with Crippen LogP contribution in [0.25, 0.3) is 33.6 Å². The number of hydrogen-bond donors (Lipinski definition) is 0. The molecular formula is C27H21ClN2O5. The van der Waals surface area contributed by atoms with Crippen molar-refractivity contribution in [1.82, 2.24) is 9.97 Å². The zero-order chi connectivity index (χ0) is 24.9. The van der Waals surface area contributed by atoms with E-state index in [-0.39, 0.29) is 5.88 Å². The molecule has 0 saturated heterocycles. The fraction of sp³-hybridized carbons (Fsp3) is 0.111. The molecule has 0 radical (unpaired) electrons. The topological polar surface area (TPSA) is 87.6 Å². The number of hydrogen-bond acceptors (Lipinski definition) is 7. The van der Waals surface area contributed by atoms with Crippen LogP contribution in [0.15, 0.2) is 60.8 Å². The summed E-state index contributed by atoms with van der Waals surface area (Å²) in [6.07, 6.45) is 3.08. The standard InChI is InChI=1S/C27H21ClN2O5/c1-33-23-13-16(7-8-17(23)14-31)25-24(28)19(11-12-29-25)20-5-4-6-21(26(20)34-2)22-10-9-18(15-32)27(30-22)35-3/h4-15H,1-3H3. The lowest BCUT2D eigenvalue weighted by Crippen LogP contribution is -1.98. The van der Waals surface area contributed by atoms with Crippen LogP contribution in [0, 0.1) is 0 Å². The molecule has 0 aliphatic rings. The summed E-state index contributed by atoms with van der Waals surface area (Å²) in [5.74, 6) is 1.20. The van der Waals surface area contributed by atoms with Gasteiger partial charge in [0.2, 0.25) is 5.88 Å². The zero-order valence-electron chi connectivity index (χ0n) is 19.2. The van der Waals surface area contributed by atoms with E-state index in [1.54, 1.807) is 49.7 Å². The molecular weight excluding hydrogens is 468 g/mol. The van der Waals surface area contributed by atoms with Gasteiger partial charge in [-0.2, -0.15) is 0 Å². The number of ether oxygens (including phenoxy) is 3. The third-order valence-electron chi connectivity index (χ3n) is 5.52. The van der Waals surface area contributed by atoms with Crippen molar-refractivity contribution in [3.05, 3.63) is 76.9 Å². The first-order chi connectivity index (χ1) is 17.1. The van der Waals surface area contributed by atoms with Gasteiger partial charge in [-0.15, -0.1) is 0 Å². The molecule has 2 heterocycles. The molecule has 0 fully saturated rings. The van der Waals surface area contributed by atoms with E-state index in [2.05, 4.69) is 9.97 Å². The van der Waals surface area contributed by atoms with Crippen molar-refractivity contribution < 1.29 is 23.8 Å². The lowest BCUT2D eigenvalue weighted by molar-refractivity contribution is 0.111. The maximum Gasteiger partial charge on any atom is 0.224 e. The largest absolute Gasteiger partial charge is 0.496 e. The molecule has 0 bridgehead atoms. The molecule has 176 valence electrons. The van der Waals surface area contributed by atoms with E-state index in [1.165, 1.54) is 14.2 Å². The molecule has 0 saturated carbocycles. The molecule has 0 atom stereocenters. The molecule has 2 aromatic heterocycles. The van der Waals surface area contributed by atoms with Gasteiger partial charge in [0.15, 0.2) is 12.6 Å². The van der Waals surface area contributed by atoms with Gasteiger partial charge in [0.1, 0.15) is 11.5 Å². The Morgan fingerprint density at radius 2 is 1.54 bits per heavy atom. The van der Waals surface area contributed by atoms with Gasteiger partial charge < -0.3 is 14.2 Å². The number of aldehydes is 2. The summed E-state index contributed by atoms with van der Waals surface area (Å²) in [6.45, 7) is 0. The van der Waals surface area contributed by atoms with Crippen molar-refractivity contribution in [3.8, 4) is 51.0 Å². The fourth-order valence-electron chi connectivity index (χ4n) is 3.83. The summed E-state index contributed by atoms with van der Waals surface area (Å²) in [6, 6.07) is 16.0. The summed E-state index contributed by atoms with van der Waals surface area (Å²) >= 11 is 6.86. The van der Waals surface area contributed by atoms with Crippen molar-refractivity contribution in [2.45, 2.75) is 0 Å². The van der Waals surface area contributed by atoms with Crippen LogP contribution in [0.2, 0.25) is 5.02 Å². The van der Waals surface area contributed by atoms with Gasteiger partial charge in [0.25, 0.3) is 0 Å². The van der Waals surface area contributed by atoms with E-state index in [0.717, 1.165) is 11.8 Å². The number of carbonyl (C=O) groups excluding carboxylic acids is 2. The Bertz CT molecular complexity index is 1420. The van der Waals surface area contributed by atoms with E-state index < -0.39 is 0 Å². The van der Waals surface area contributed by atoms with Gasteiger partial charge in [-0.1, -0.05) is 29.8 Å². The Hall–Kier alpha value is -4.23. The van der Waals surface area contributed by atoms with Crippen molar-refractivity contribution in [3.63, 3.8) is 0 Å². The van der Waals surface area contributed by atoms with Crippen LogP contribution in [0.1, 0.15) is 20.7 Å². The Labute approximate surface area is 207 Å². The molecule has 35 heavy (non-hydrogen) atoms. The minimum atomic E-state index is 0.224. The number of para-hydroxylation sites is 1. The van der Waals surface area contributed by atoms with Crippen LogP contribution >= 0.6 is 11.6 Å². The van der Waals surface area contributed by atoms with Gasteiger partial charge in [-0.25, -0.2) is 4.98 Å². The van der Waals surface area contributed by atoms with E-state index in [0.29, 0.717) is 62.0 Å². The number of methoxy groups -OCH3 is 3. The first kappa shape index (κ1) is 23.9. The summed E-state index contributed by atoms with van der Waals surface area (Å²) in [4.78, 5) is 31.5. The van der Waals surface area contributed by atoms with Gasteiger partial charge in [-0.05, 0) is 36.4 Å². The maximum atomic E-state index is 11.3. The molecule has 4 aromatic rings. The van der Waals surface area contributed by atoms with Crippen LogP contribution in [0.4, 0.5) is 0 Å². The second-order valence-corrected chi connectivity index (χ2v) is 7.77. The van der Waals surface area contributed by atoms with Crippen LogP contribution < -0.4 is 14.2 Å². The lowest BCUT2D eigenvalue weighted by atomic mass is 9.98. The quantitative estimate of drug-likeness (QED) is 0.290. The Kier molecular flexibility index (Phi) is 7.08. The minimum absolute atomic E-state index is 0.224. The average Bonchev–Trinajstić information content (AvgIpc) is 2.91. The number of aromatic nitrogens is 2. The van der Waals surface area contributed by atoms with Crippen molar-refractivity contribution >= 4 is 24.2 Å². The van der Waals surface area contributed by atoms with Gasteiger partial charge in [-0.3, -0.25) is 14.6 Å². The third-order valence-corrected chi connectivity index (χ3v) is 5.90. The Balaban J connectivity index is 1.87. The molecule has 8 heteroatoms. The molecule has 0 spiro atoms. The van der Waals surface area contributed by atoms with E-state index >= 15 is 0 Å². The number of pyridine rings is 2. The first-order valence-corrected chi connectivity index (χ1v) is 10.9. The summed E-state index contributed by atoms with van der Waals surface area (Å²) in [5.41, 5.74) is 4.72. The molecule has 0 amide bonds. The number of rotatable bonds is 8. The van der Waals surface area contributed by atoms with Crippen LogP contribution in [-0.4, -0.2) is 43.9 Å². The van der Waals surface area contributed by atoms with E-state index in [1.807, 2.05) is 18.2 Å². The van der Waals surface area contributed by atoms with Gasteiger partial charge in [0, 0.05) is 28.5 Å². The number of benzene rings is 2. The molecule has 0 aliphatic carbocycles. The number of halogens is 1. The molecule has 0 aliphatic heterocycles. The fourth-order valence-corrected chi connectivity index (χ4v) is 4.16. The van der Waals surface area contributed by atoms with Crippen molar-refractivity contribution in [1.29, 1.82) is 0 Å². The molecule has 7 nitrogen and oxygen atoms in total. The highest BCUT2D eigenvalue weighted by Crippen LogP contribution is 2.43. The monoisotopic (exact) mass is 488 g/mol. The molecule has 2 aromatic carbocycles. The van der Waals surface area contributed by atoms with Crippen molar-refractivity contribution in [2.24, 2.45) is 0 Å². The van der Waals surface area contributed by atoms with E-state index in [9.17, 15) is 9.59 Å². The lowest BCUT2D eigenvalue weighted by Gasteiger charge is -2.16. The van der Waals surface area contributed by atoms with Crippen LogP contribution in [-0.2, 0) is 0 Å². The SMILES string of the molecule is COc1cc(-c2nccc(-c3cccc(-c4ccc(C=O)c(OC)n4)c3OC)c2Cl)ccc1C=O. The molecule has 4 rings (SSSR count). The normalized spacial score (nSPS) is 10.5. The zero-order valence-corrected chi connectivity index (χ0v) is 20.0. The highest BCUT2D eigenvalue weighted by molar-refractivity contribution is 6.36. The Morgan fingerprint density at radius 1 is 0.800 bits per heavy atom. The predicted octanol–water partition coefficient (Wildman–Crippen LogP) is 5.78. The van der Waals surface area contributed by atoms with E-state index in [4.69, 9.17) is 25.8 Å². The molecule has 0 N–H and O–H groups in total. The van der Waals surface area contributed by atoms with Crippen LogP contribution in [0.5, 0.6) is 17.4 Å². The summed E-state index contributed by atoms with van der Waals surface area (Å²) in [5, 5.41) is 0.408. The second-order valence-electron chi connectivity index (χ2n) is 7.39. The maximum absolute atomic E-state index is 11.3. The highest BCUT2D eigenvalue weighted by Gasteiger charge is 2.19. The first-order valence-electron chi connectivity index (χ1n) is 10.5. The van der Waals surface area contributed by atoms with Gasteiger partial charge >= 0.3 is 0 Å². The molecule has 0 unspecified atom stereocenters. The minimum Gasteiger partial charge on any atom is -0.496 e. The Morgan fingerprint density at radius 3 is 2.23 bits per heavy atom. The highest BCUT2D eigenvalue weighted by atomic mass is 35.5. The van der Waals surface area contributed by atoms with Crippen molar-refractivity contribution in [2.75, 3.05) is 21.3 Å². The summed E-state index contributed by atoms with van der Waals surface area (Å²) < 4.78 is 16.4. The van der Waals surface area contributed by atoms with Crippen LogP contribution in [0.3, 0.4) is 0 Å². The smallest absolute Gasteiger partial charge is 0.224 e. The summed E-state index contributed by atoms with van der Waals surface area (Å²) in [7, 11) is 4.53. The predicted molar refractivity (Wildman–Crippen MR) is 134 cm³/mol. The third kappa shape index (κ3) is 4.46. The average molecular weight is 489 g/mol. The second kappa shape index (κ2) is 10.4.